The fourth-order valence-electron chi connectivity index (χ4n) is 2.37. The van der Waals surface area contributed by atoms with E-state index in [4.69, 9.17) is 0 Å². The first-order valence-electron chi connectivity index (χ1n) is 5.77. The summed E-state index contributed by atoms with van der Waals surface area (Å²) < 4.78 is 2.21. The van der Waals surface area contributed by atoms with E-state index in [1.165, 1.54) is 21.8 Å². The summed E-state index contributed by atoms with van der Waals surface area (Å²) in [5, 5.41) is 9.81. The van der Waals surface area contributed by atoms with Crippen molar-refractivity contribution < 1.29 is 0 Å². The average Bonchev–Trinajstić information content (AvgIpc) is 2.71. The van der Waals surface area contributed by atoms with Crippen molar-refractivity contribution in [3.63, 3.8) is 0 Å². The number of benzene rings is 2. The summed E-state index contributed by atoms with van der Waals surface area (Å²) in [6, 6.07) is 14.7. The van der Waals surface area contributed by atoms with Crippen LogP contribution in [-0.4, -0.2) is 17.5 Å². The fourth-order valence-corrected chi connectivity index (χ4v) is 2.37. The lowest BCUT2D eigenvalue weighted by Crippen LogP contribution is -1.86. The van der Waals surface area contributed by atoms with Crippen molar-refractivity contribution >= 4 is 34.7 Å². The molecule has 0 N–H and O–H groups in total. The molecule has 0 aliphatic carbocycles. The van der Waals surface area contributed by atoms with Crippen LogP contribution in [0.2, 0.25) is 0 Å². The van der Waals surface area contributed by atoms with E-state index in [2.05, 4.69) is 64.9 Å². The van der Waals surface area contributed by atoms with Gasteiger partial charge in [-0.2, -0.15) is 10.2 Å². The number of hydrogen-bond acceptors (Lipinski definition) is 2. The zero-order valence-electron chi connectivity index (χ0n) is 10.2. The summed E-state index contributed by atoms with van der Waals surface area (Å²) >= 11 is 0. The zero-order chi connectivity index (χ0) is 12.5. The molecule has 0 saturated heterocycles. The Balaban J connectivity index is 2.36. The van der Waals surface area contributed by atoms with Crippen LogP contribution < -0.4 is 0 Å². The number of rotatable bonds is 2. The average molecular weight is 235 g/mol. The van der Waals surface area contributed by atoms with Crippen LogP contribution in [0.3, 0.4) is 0 Å². The van der Waals surface area contributed by atoms with Crippen molar-refractivity contribution in [2.75, 3.05) is 0 Å². The molecule has 3 heteroatoms. The van der Waals surface area contributed by atoms with Crippen LogP contribution >= 0.6 is 0 Å². The Kier molecular flexibility index (Phi) is 2.45. The van der Waals surface area contributed by atoms with Gasteiger partial charge >= 0.3 is 0 Å². The van der Waals surface area contributed by atoms with Gasteiger partial charge < -0.3 is 4.57 Å². The minimum absolute atomic E-state index is 1.03. The maximum atomic E-state index is 3.82. The summed E-state index contributed by atoms with van der Waals surface area (Å²) in [4.78, 5) is 0. The lowest BCUT2D eigenvalue weighted by Gasteiger charge is -1.97. The van der Waals surface area contributed by atoms with E-state index in [0.29, 0.717) is 0 Å². The molecule has 0 fully saturated rings. The lowest BCUT2D eigenvalue weighted by atomic mass is 10.1. The Morgan fingerprint density at radius 3 is 2.67 bits per heavy atom. The molecule has 0 atom stereocenters. The van der Waals surface area contributed by atoms with Gasteiger partial charge in [0.05, 0.1) is 6.21 Å². The third kappa shape index (κ3) is 1.52. The van der Waals surface area contributed by atoms with Gasteiger partial charge in [0.15, 0.2) is 0 Å². The van der Waals surface area contributed by atoms with Crippen LogP contribution in [0.25, 0.3) is 21.8 Å². The standard InChI is InChI=1S/C15H13N3/c1-16-17-10-11-7-8-15-13(9-11)12-5-3-4-6-14(12)18(15)2/h3-10H,1H2,2H3/b17-10+. The van der Waals surface area contributed by atoms with Gasteiger partial charge in [0.2, 0.25) is 0 Å². The minimum Gasteiger partial charge on any atom is -0.344 e. The number of hydrogen-bond donors (Lipinski definition) is 0. The quantitative estimate of drug-likeness (QED) is 0.481. The van der Waals surface area contributed by atoms with E-state index in [0.717, 1.165) is 5.56 Å². The molecule has 0 radical (unpaired) electrons. The summed E-state index contributed by atoms with van der Waals surface area (Å²) in [6.45, 7) is 3.34. The van der Waals surface area contributed by atoms with Crippen LogP contribution in [0.4, 0.5) is 0 Å². The van der Waals surface area contributed by atoms with E-state index in [1.807, 2.05) is 6.07 Å². The van der Waals surface area contributed by atoms with Crippen molar-refractivity contribution in [3.05, 3.63) is 48.0 Å². The molecule has 18 heavy (non-hydrogen) atoms. The minimum atomic E-state index is 1.03. The molecule has 88 valence electrons. The predicted octanol–water partition coefficient (Wildman–Crippen LogP) is 3.37. The Morgan fingerprint density at radius 2 is 1.83 bits per heavy atom. The number of fused-ring (bicyclic) bond motifs is 3. The topological polar surface area (TPSA) is 29.6 Å². The molecule has 0 unspecified atom stereocenters. The smallest absolute Gasteiger partial charge is 0.0568 e. The van der Waals surface area contributed by atoms with Crippen molar-refractivity contribution in [2.45, 2.75) is 0 Å². The zero-order valence-corrected chi connectivity index (χ0v) is 10.2. The van der Waals surface area contributed by atoms with Gasteiger partial charge in [-0.3, -0.25) is 0 Å². The second kappa shape index (κ2) is 4.11. The lowest BCUT2D eigenvalue weighted by molar-refractivity contribution is 1.01. The molecule has 2 aromatic carbocycles. The Labute approximate surface area is 105 Å². The van der Waals surface area contributed by atoms with E-state index in [1.54, 1.807) is 6.21 Å². The largest absolute Gasteiger partial charge is 0.344 e. The molecule has 0 aliphatic rings. The fraction of sp³-hybridized carbons (Fsp3) is 0.0667. The van der Waals surface area contributed by atoms with Gasteiger partial charge in [-0.25, -0.2) is 0 Å². The summed E-state index contributed by atoms with van der Waals surface area (Å²) in [6.07, 6.45) is 1.72. The molecule has 1 heterocycles. The van der Waals surface area contributed by atoms with Gasteiger partial charge in [0.1, 0.15) is 0 Å². The SMILES string of the molecule is C=N/N=C/c1ccc2c(c1)c1ccccc1n2C. The van der Waals surface area contributed by atoms with Crippen molar-refractivity contribution in [1.29, 1.82) is 0 Å². The van der Waals surface area contributed by atoms with Gasteiger partial charge in [0.25, 0.3) is 0 Å². The maximum absolute atomic E-state index is 3.82. The molecule has 0 aliphatic heterocycles. The first-order valence-corrected chi connectivity index (χ1v) is 5.77. The maximum Gasteiger partial charge on any atom is 0.0568 e. The van der Waals surface area contributed by atoms with Crippen LogP contribution in [0, 0.1) is 0 Å². The monoisotopic (exact) mass is 235 g/mol. The molecule has 3 rings (SSSR count). The van der Waals surface area contributed by atoms with E-state index in [-0.39, 0.29) is 0 Å². The first-order chi connectivity index (χ1) is 8.81. The van der Waals surface area contributed by atoms with Crippen LogP contribution in [0.1, 0.15) is 5.56 Å². The van der Waals surface area contributed by atoms with Gasteiger partial charge in [0, 0.05) is 35.6 Å². The molecule has 0 amide bonds. The second-order valence-corrected chi connectivity index (χ2v) is 4.24. The van der Waals surface area contributed by atoms with Gasteiger partial charge in [-0.05, 0) is 23.8 Å². The van der Waals surface area contributed by atoms with E-state index in [9.17, 15) is 0 Å². The Hall–Kier alpha value is -2.42. The number of aryl methyl sites for hydroxylation is 1. The summed E-state index contributed by atoms with van der Waals surface area (Å²) in [5.41, 5.74) is 3.49. The molecular weight excluding hydrogens is 222 g/mol. The molecule has 3 nitrogen and oxygen atoms in total. The third-order valence-electron chi connectivity index (χ3n) is 3.23. The van der Waals surface area contributed by atoms with Crippen molar-refractivity contribution in [3.8, 4) is 0 Å². The highest BCUT2D eigenvalue weighted by Crippen LogP contribution is 2.28. The Morgan fingerprint density at radius 1 is 1.06 bits per heavy atom. The van der Waals surface area contributed by atoms with Gasteiger partial charge in [-0.15, -0.1) is 0 Å². The second-order valence-electron chi connectivity index (χ2n) is 4.24. The third-order valence-corrected chi connectivity index (χ3v) is 3.23. The van der Waals surface area contributed by atoms with Gasteiger partial charge in [-0.1, -0.05) is 24.3 Å². The van der Waals surface area contributed by atoms with Crippen LogP contribution in [0.15, 0.2) is 52.7 Å². The van der Waals surface area contributed by atoms with E-state index >= 15 is 0 Å². The number of aromatic nitrogens is 1. The normalized spacial score (nSPS) is 11.6. The van der Waals surface area contributed by atoms with Crippen molar-refractivity contribution in [2.24, 2.45) is 17.3 Å². The number of nitrogens with zero attached hydrogens (tertiary/aromatic N) is 3. The molecule has 0 saturated carbocycles. The summed E-state index contributed by atoms with van der Waals surface area (Å²) in [5.74, 6) is 0. The molecule has 0 bridgehead atoms. The Bertz CT molecular complexity index is 766. The van der Waals surface area contributed by atoms with Crippen LogP contribution in [-0.2, 0) is 7.05 Å². The van der Waals surface area contributed by atoms with Crippen LogP contribution in [0.5, 0.6) is 0 Å². The number of para-hydroxylation sites is 1. The molecule has 1 aromatic heterocycles. The summed E-state index contributed by atoms with van der Waals surface area (Å²) in [7, 11) is 2.09. The highest BCUT2D eigenvalue weighted by Gasteiger charge is 2.07. The molecule has 0 spiro atoms. The highest BCUT2D eigenvalue weighted by atomic mass is 15.2. The molecular formula is C15H13N3. The highest BCUT2D eigenvalue weighted by molar-refractivity contribution is 6.09. The van der Waals surface area contributed by atoms with Crippen molar-refractivity contribution in [1.82, 2.24) is 4.57 Å². The predicted molar refractivity (Wildman–Crippen MR) is 77.6 cm³/mol. The first kappa shape index (κ1) is 10.7. The molecule has 3 aromatic rings. The van der Waals surface area contributed by atoms with E-state index < -0.39 is 0 Å².